The Morgan fingerprint density at radius 3 is 2.46 bits per heavy atom. The van der Waals surface area contributed by atoms with Gasteiger partial charge in [-0.1, -0.05) is 18.2 Å². The summed E-state index contributed by atoms with van der Waals surface area (Å²) in [6.07, 6.45) is 0.427. The average Bonchev–Trinajstić information content (AvgIpc) is 2.61. The average molecular weight is 361 g/mol. The zero-order valence-corrected chi connectivity index (χ0v) is 15.7. The van der Waals surface area contributed by atoms with E-state index in [-0.39, 0.29) is 18.2 Å². The molecule has 2 aliphatic heterocycles. The van der Waals surface area contributed by atoms with Crippen molar-refractivity contribution in [3.63, 3.8) is 0 Å². The molecule has 1 fully saturated rings. The largest absolute Gasteiger partial charge is 0.493 e. The van der Waals surface area contributed by atoms with Gasteiger partial charge in [-0.05, 0) is 26.8 Å². The predicted octanol–water partition coefficient (Wildman–Crippen LogP) is 2.77. The fourth-order valence-corrected chi connectivity index (χ4v) is 3.15. The van der Waals surface area contributed by atoms with Crippen LogP contribution in [0.2, 0.25) is 0 Å². The summed E-state index contributed by atoms with van der Waals surface area (Å²) in [5.41, 5.74) is 0.502. The molecule has 26 heavy (non-hydrogen) atoms. The standard InChI is InChI=1S/C19H27N3O4/c1-19(2,3)26-18(24)22-11-9-21(10-12-22)17(23)20-15-8-13-25-16-7-5-4-6-14(15)16/h4-7,15H,8-13H2,1-3H3,(H,20,23). The molecule has 1 atom stereocenters. The highest BCUT2D eigenvalue weighted by Crippen LogP contribution is 2.31. The molecule has 2 heterocycles. The molecular weight excluding hydrogens is 334 g/mol. The molecule has 0 spiro atoms. The van der Waals surface area contributed by atoms with Gasteiger partial charge in [0.2, 0.25) is 0 Å². The van der Waals surface area contributed by atoms with Crippen LogP contribution < -0.4 is 10.1 Å². The molecule has 1 N–H and O–H groups in total. The number of carbonyl (C=O) groups excluding carboxylic acids is 2. The monoisotopic (exact) mass is 361 g/mol. The minimum atomic E-state index is -0.512. The van der Waals surface area contributed by atoms with Gasteiger partial charge < -0.3 is 24.6 Å². The normalized spacial score (nSPS) is 20.0. The number of hydrogen-bond donors (Lipinski definition) is 1. The van der Waals surface area contributed by atoms with E-state index in [1.807, 2.05) is 45.0 Å². The van der Waals surface area contributed by atoms with Crippen LogP contribution in [0.15, 0.2) is 24.3 Å². The molecule has 0 radical (unpaired) electrons. The van der Waals surface area contributed by atoms with E-state index < -0.39 is 5.60 Å². The zero-order valence-electron chi connectivity index (χ0n) is 15.7. The van der Waals surface area contributed by atoms with Crippen molar-refractivity contribution < 1.29 is 19.1 Å². The van der Waals surface area contributed by atoms with Crippen molar-refractivity contribution in [1.29, 1.82) is 0 Å². The van der Waals surface area contributed by atoms with Gasteiger partial charge in [0.1, 0.15) is 11.4 Å². The summed E-state index contributed by atoms with van der Waals surface area (Å²) in [7, 11) is 0. The topological polar surface area (TPSA) is 71.1 Å². The fourth-order valence-electron chi connectivity index (χ4n) is 3.15. The van der Waals surface area contributed by atoms with Gasteiger partial charge >= 0.3 is 12.1 Å². The summed E-state index contributed by atoms with van der Waals surface area (Å²) in [5.74, 6) is 0.832. The summed E-state index contributed by atoms with van der Waals surface area (Å²) in [6, 6.07) is 7.64. The highest BCUT2D eigenvalue weighted by Gasteiger charge is 2.29. The first-order valence-electron chi connectivity index (χ1n) is 9.08. The third kappa shape index (κ3) is 4.39. The third-order valence-corrected chi connectivity index (χ3v) is 4.47. The maximum Gasteiger partial charge on any atom is 0.410 e. The molecule has 7 nitrogen and oxygen atoms in total. The molecule has 7 heteroatoms. The van der Waals surface area contributed by atoms with Crippen molar-refractivity contribution in [2.45, 2.75) is 38.8 Å². The molecule has 1 unspecified atom stereocenters. The van der Waals surface area contributed by atoms with Crippen molar-refractivity contribution in [2.75, 3.05) is 32.8 Å². The van der Waals surface area contributed by atoms with Gasteiger partial charge in [-0.3, -0.25) is 0 Å². The van der Waals surface area contributed by atoms with Gasteiger partial charge in [-0.2, -0.15) is 0 Å². The Morgan fingerprint density at radius 1 is 1.12 bits per heavy atom. The first-order chi connectivity index (χ1) is 12.3. The number of rotatable bonds is 1. The van der Waals surface area contributed by atoms with Crippen molar-refractivity contribution in [2.24, 2.45) is 0 Å². The van der Waals surface area contributed by atoms with Crippen LogP contribution >= 0.6 is 0 Å². The molecule has 1 saturated heterocycles. The number of carbonyl (C=O) groups is 2. The number of urea groups is 1. The Kier molecular flexibility index (Phi) is 5.25. The van der Waals surface area contributed by atoms with Crippen LogP contribution in [0.4, 0.5) is 9.59 Å². The molecule has 0 aliphatic carbocycles. The van der Waals surface area contributed by atoms with Gasteiger partial charge in [0.25, 0.3) is 0 Å². The Morgan fingerprint density at radius 2 is 1.77 bits per heavy atom. The fraction of sp³-hybridized carbons (Fsp3) is 0.579. The molecule has 2 aliphatic rings. The smallest absolute Gasteiger partial charge is 0.410 e. The maximum atomic E-state index is 12.6. The van der Waals surface area contributed by atoms with E-state index in [2.05, 4.69) is 5.32 Å². The molecule has 3 rings (SSSR count). The predicted molar refractivity (Wildman–Crippen MR) is 97.2 cm³/mol. The summed E-state index contributed by atoms with van der Waals surface area (Å²) in [6.45, 7) is 8.08. The van der Waals surface area contributed by atoms with Gasteiger partial charge in [0, 0.05) is 38.2 Å². The number of nitrogens with one attached hydrogen (secondary N) is 1. The molecule has 3 amide bonds. The maximum absolute atomic E-state index is 12.6. The van der Waals surface area contributed by atoms with Crippen molar-refractivity contribution in [1.82, 2.24) is 15.1 Å². The molecule has 1 aromatic carbocycles. The lowest BCUT2D eigenvalue weighted by atomic mass is 10.0. The molecule has 0 bridgehead atoms. The van der Waals surface area contributed by atoms with E-state index in [4.69, 9.17) is 9.47 Å². The number of fused-ring (bicyclic) bond motifs is 1. The molecule has 0 aromatic heterocycles. The van der Waals surface area contributed by atoms with E-state index in [1.54, 1.807) is 9.80 Å². The van der Waals surface area contributed by atoms with Crippen LogP contribution in [0, 0.1) is 0 Å². The van der Waals surface area contributed by atoms with Crippen molar-refractivity contribution in [3.8, 4) is 5.75 Å². The molecule has 1 aromatic rings. The SMILES string of the molecule is CC(C)(C)OC(=O)N1CCN(C(=O)NC2CCOc3ccccc32)CC1. The lowest BCUT2D eigenvalue weighted by Gasteiger charge is -2.36. The van der Waals surface area contributed by atoms with Crippen LogP contribution in [0.3, 0.4) is 0 Å². The number of piperazine rings is 1. The second-order valence-electron chi connectivity index (χ2n) is 7.63. The first-order valence-corrected chi connectivity index (χ1v) is 9.08. The Labute approximate surface area is 154 Å². The van der Waals surface area contributed by atoms with Crippen LogP contribution in [0.5, 0.6) is 5.75 Å². The van der Waals surface area contributed by atoms with Crippen LogP contribution in [0.1, 0.15) is 38.8 Å². The lowest BCUT2D eigenvalue weighted by Crippen LogP contribution is -2.54. The quantitative estimate of drug-likeness (QED) is 0.835. The molecular formula is C19H27N3O4. The van der Waals surface area contributed by atoms with Crippen LogP contribution in [0.25, 0.3) is 0 Å². The number of para-hydroxylation sites is 1. The van der Waals surface area contributed by atoms with Crippen LogP contribution in [-0.2, 0) is 4.74 Å². The second kappa shape index (κ2) is 7.43. The number of amides is 3. The van der Waals surface area contributed by atoms with Gasteiger partial charge in [-0.25, -0.2) is 9.59 Å². The van der Waals surface area contributed by atoms with E-state index in [9.17, 15) is 9.59 Å². The summed E-state index contributed by atoms with van der Waals surface area (Å²) >= 11 is 0. The second-order valence-corrected chi connectivity index (χ2v) is 7.63. The van der Waals surface area contributed by atoms with Gasteiger partial charge in [-0.15, -0.1) is 0 Å². The van der Waals surface area contributed by atoms with Gasteiger partial charge in [0.15, 0.2) is 0 Å². The van der Waals surface area contributed by atoms with E-state index >= 15 is 0 Å². The number of hydrogen-bond acceptors (Lipinski definition) is 4. The highest BCUT2D eigenvalue weighted by molar-refractivity contribution is 5.75. The first kappa shape index (κ1) is 18.4. The number of nitrogens with zero attached hydrogens (tertiary/aromatic N) is 2. The zero-order chi connectivity index (χ0) is 18.7. The van der Waals surface area contributed by atoms with Crippen molar-refractivity contribution >= 4 is 12.1 Å². The van der Waals surface area contributed by atoms with Crippen LogP contribution in [-0.4, -0.2) is 60.3 Å². The third-order valence-electron chi connectivity index (χ3n) is 4.47. The minimum absolute atomic E-state index is 0.0451. The summed E-state index contributed by atoms with van der Waals surface area (Å²) in [5, 5.41) is 3.10. The van der Waals surface area contributed by atoms with E-state index in [1.165, 1.54) is 0 Å². The van der Waals surface area contributed by atoms with Gasteiger partial charge in [0.05, 0.1) is 12.6 Å². The van der Waals surface area contributed by atoms with Crippen molar-refractivity contribution in [3.05, 3.63) is 29.8 Å². The summed E-state index contributed by atoms with van der Waals surface area (Å²) < 4.78 is 11.0. The number of benzene rings is 1. The Balaban J connectivity index is 1.53. The Bertz CT molecular complexity index is 663. The van der Waals surface area contributed by atoms with E-state index in [0.29, 0.717) is 32.8 Å². The minimum Gasteiger partial charge on any atom is -0.493 e. The van der Waals surface area contributed by atoms with E-state index in [0.717, 1.165) is 17.7 Å². The lowest BCUT2D eigenvalue weighted by molar-refractivity contribution is 0.0168. The summed E-state index contributed by atoms with van der Waals surface area (Å²) in [4.78, 5) is 28.1. The Hall–Kier alpha value is -2.44. The number of ether oxygens (including phenoxy) is 2. The molecule has 0 saturated carbocycles. The molecule has 142 valence electrons. The highest BCUT2D eigenvalue weighted by atomic mass is 16.6.